The maximum Gasteiger partial charge on any atom is 0.414 e. The average molecular weight is 276 g/mol. The first-order valence-corrected chi connectivity index (χ1v) is 6.91. The second-order valence-corrected chi connectivity index (χ2v) is 4.97. The standard InChI is InChI=1S/C15H20N2O3/c1-3-4-12-5-7-13(8-6-12)17-10-14(20-15(17)19)9-16-11(2)18/h5-8,14H,3-4,9-10H2,1-2H3,(H,16,18)/t14-/m0/s1. The van der Waals surface area contributed by atoms with Crippen molar-refractivity contribution in [1.82, 2.24) is 5.32 Å². The number of amides is 2. The van der Waals surface area contributed by atoms with Crippen LogP contribution in [0.2, 0.25) is 0 Å². The molecule has 1 aromatic carbocycles. The number of nitrogens with one attached hydrogen (secondary N) is 1. The lowest BCUT2D eigenvalue weighted by Gasteiger charge is -2.13. The van der Waals surface area contributed by atoms with Crippen molar-refractivity contribution in [3.8, 4) is 0 Å². The molecule has 1 saturated heterocycles. The Balaban J connectivity index is 1.98. The van der Waals surface area contributed by atoms with Gasteiger partial charge in [-0.3, -0.25) is 9.69 Å². The molecule has 2 rings (SSSR count). The van der Waals surface area contributed by atoms with Crippen LogP contribution in [0.4, 0.5) is 10.5 Å². The van der Waals surface area contributed by atoms with Crippen LogP contribution < -0.4 is 10.2 Å². The molecule has 5 heteroatoms. The zero-order valence-electron chi connectivity index (χ0n) is 11.9. The Kier molecular flexibility index (Phi) is 4.61. The highest BCUT2D eigenvalue weighted by atomic mass is 16.6. The molecule has 1 aromatic rings. The number of nitrogens with zero attached hydrogens (tertiary/aromatic N) is 1. The van der Waals surface area contributed by atoms with E-state index in [1.807, 2.05) is 24.3 Å². The van der Waals surface area contributed by atoms with Gasteiger partial charge in [-0.1, -0.05) is 25.5 Å². The van der Waals surface area contributed by atoms with Crippen molar-refractivity contribution in [3.63, 3.8) is 0 Å². The van der Waals surface area contributed by atoms with E-state index < -0.39 is 0 Å². The second kappa shape index (κ2) is 6.41. The number of carbonyl (C=O) groups is 2. The summed E-state index contributed by atoms with van der Waals surface area (Å²) in [5.41, 5.74) is 2.10. The molecule has 1 aliphatic rings. The Hall–Kier alpha value is -2.04. The monoisotopic (exact) mass is 276 g/mol. The second-order valence-electron chi connectivity index (χ2n) is 4.97. The molecule has 0 aliphatic carbocycles. The van der Waals surface area contributed by atoms with E-state index in [1.54, 1.807) is 4.90 Å². The van der Waals surface area contributed by atoms with Gasteiger partial charge in [0.05, 0.1) is 13.1 Å². The van der Waals surface area contributed by atoms with E-state index in [0.29, 0.717) is 13.1 Å². The zero-order chi connectivity index (χ0) is 14.5. The van der Waals surface area contributed by atoms with Crippen molar-refractivity contribution in [1.29, 1.82) is 0 Å². The predicted octanol–water partition coefficient (Wildman–Crippen LogP) is 2.10. The Morgan fingerprint density at radius 2 is 2.10 bits per heavy atom. The SMILES string of the molecule is CCCc1ccc(N2C[C@H](CNC(C)=O)OC2=O)cc1. The predicted molar refractivity (Wildman–Crippen MR) is 76.7 cm³/mol. The number of aryl methyl sites for hydroxylation is 1. The summed E-state index contributed by atoms with van der Waals surface area (Å²) in [6.07, 6.45) is 1.49. The Labute approximate surface area is 118 Å². The van der Waals surface area contributed by atoms with E-state index in [1.165, 1.54) is 12.5 Å². The number of hydrogen-bond acceptors (Lipinski definition) is 3. The maximum atomic E-state index is 11.8. The Bertz CT molecular complexity index is 484. The highest BCUT2D eigenvalue weighted by Crippen LogP contribution is 2.22. The van der Waals surface area contributed by atoms with Gasteiger partial charge in [0.1, 0.15) is 6.10 Å². The summed E-state index contributed by atoms with van der Waals surface area (Å²) >= 11 is 0. The Morgan fingerprint density at radius 3 is 2.70 bits per heavy atom. The van der Waals surface area contributed by atoms with E-state index in [2.05, 4.69) is 12.2 Å². The van der Waals surface area contributed by atoms with Gasteiger partial charge in [0, 0.05) is 12.6 Å². The fraction of sp³-hybridized carbons (Fsp3) is 0.467. The topological polar surface area (TPSA) is 58.6 Å². The van der Waals surface area contributed by atoms with Gasteiger partial charge in [0.25, 0.3) is 0 Å². The van der Waals surface area contributed by atoms with Crippen molar-refractivity contribution < 1.29 is 14.3 Å². The number of carbonyl (C=O) groups excluding carboxylic acids is 2. The van der Waals surface area contributed by atoms with Crippen molar-refractivity contribution in [2.75, 3.05) is 18.0 Å². The molecule has 0 spiro atoms. The summed E-state index contributed by atoms with van der Waals surface area (Å²) in [6, 6.07) is 7.95. The van der Waals surface area contributed by atoms with Gasteiger partial charge in [0.15, 0.2) is 0 Å². The molecule has 5 nitrogen and oxygen atoms in total. The van der Waals surface area contributed by atoms with Gasteiger partial charge in [0.2, 0.25) is 5.91 Å². The summed E-state index contributed by atoms with van der Waals surface area (Å²) in [6.45, 7) is 4.40. The molecule has 1 atom stereocenters. The van der Waals surface area contributed by atoms with E-state index in [-0.39, 0.29) is 18.1 Å². The van der Waals surface area contributed by atoms with Crippen LogP contribution in [0.1, 0.15) is 25.8 Å². The van der Waals surface area contributed by atoms with Crippen LogP contribution in [0.5, 0.6) is 0 Å². The molecule has 0 unspecified atom stereocenters. The number of rotatable bonds is 5. The van der Waals surface area contributed by atoms with Crippen molar-refractivity contribution in [2.45, 2.75) is 32.8 Å². The van der Waals surface area contributed by atoms with Gasteiger partial charge in [-0.15, -0.1) is 0 Å². The fourth-order valence-electron chi connectivity index (χ4n) is 2.23. The van der Waals surface area contributed by atoms with Crippen molar-refractivity contribution >= 4 is 17.7 Å². The van der Waals surface area contributed by atoms with Crippen LogP contribution in [-0.2, 0) is 16.0 Å². The average Bonchev–Trinajstić information content (AvgIpc) is 2.79. The molecule has 0 radical (unpaired) electrons. The largest absolute Gasteiger partial charge is 0.442 e. The molecular weight excluding hydrogens is 256 g/mol. The molecule has 0 saturated carbocycles. The van der Waals surface area contributed by atoms with Crippen LogP contribution in [0.25, 0.3) is 0 Å². The Morgan fingerprint density at radius 1 is 1.40 bits per heavy atom. The quantitative estimate of drug-likeness (QED) is 0.896. The lowest BCUT2D eigenvalue weighted by atomic mass is 10.1. The molecule has 1 heterocycles. The third-order valence-corrected chi connectivity index (χ3v) is 3.24. The van der Waals surface area contributed by atoms with Gasteiger partial charge in [-0.2, -0.15) is 0 Å². The van der Waals surface area contributed by atoms with Crippen LogP contribution in [0.15, 0.2) is 24.3 Å². The molecular formula is C15H20N2O3. The summed E-state index contributed by atoms with van der Waals surface area (Å²) in [7, 11) is 0. The highest BCUT2D eigenvalue weighted by Gasteiger charge is 2.32. The number of ether oxygens (including phenoxy) is 1. The number of anilines is 1. The van der Waals surface area contributed by atoms with Crippen molar-refractivity contribution in [3.05, 3.63) is 29.8 Å². The minimum Gasteiger partial charge on any atom is -0.442 e. The molecule has 2 amide bonds. The van der Waals surface area contributed by atoms with E-state index >= 15 is 0 Å². The lowest BCUT2D eigenvalue weighted by Crippen LogP contribution is -2.33. The molecule has 108 valence electrons. The molecule has 1 fully saturated rings. The van der Waals surface area contributed by atoms with Gasteiger partial charge < -0.3 is 10.1 Å². The highest BCUT2D eigenvalue weighted by molar-refractivity contribution is 5.89. The van der Waals surface area contributed by atoms with Crippen LogP contribution >= 0.6 is 0 Å². The van der Waals surface area contributed by atoms with Crippen LogP contribution in [-0.4, -0.2) is 31.2 Å². The molecule has 0 aromatic heterocycles. The number of benzene rings is 1. The normalized spacial score (nSPS) is 18.0. The lowest BCUT2D eigenvalue weighted by molar-refractivity contribution is -0.119. The first kappa shape index (κ1) is 14.4. The summed E-state index contributed by atoms with van der Waals surface area (Å²) < 4.78 is 5.23. The molecule has 20 heavy (non-hydrogen) atoms. The minimum atomic E-state index is -0.358. The first-order valence-electron chi connectivity index (χ1n) is 6.91. The summed E-state index contributed by atoms with van der Waals surface area (Å²) in [5, 5.41) is 2.66. The maximum absolute atomic E-state index is 11.8. The number of cyclic esters (lactones) is 1. The number of hydrogen-bond donors (Lipinski definition) is 1. The van der Waals surface area contributed by atoms with E-state index in [0.717, 1.165) is 18.5 Å². The summed E-state index contributed by atoms with van der Waals surface area (Å²) in [4.78, 5) is 24.3. The molecule has 1 N–H and O–H groups in total. The van der Waals surface area contributed by atoms with Gasteiger partial charge >= 0.3 is 6.09 Å². The van der Waals surface area contributed by atoms with Crippen LogP contribution in [0.3, 0.4) is 0 Å². The van der Waals surface area contributed by atoms with Gasteiger partial charge in [-0.25, -0.2) is 4.79 Å². The third kappa shape index (κ3) is 3.50. The first-order chi connectivity index (χ1) is 9.60. The molecule has 0 bridgehead atoms. The minimum absolute atomic E-state index is 0.122. The zero-order valence-corrected chi connectivity index (χ0v) is 11.9. The van der Waals surface area contributed by atoms with Crippen molar-refractivity contribution in [2.24, 2.45) is 0 Å². The summed E-state index contributed by atoms with van der Waals surface area (Å²) in [5.74, 6) is -0.122. The smallest absolute Gasteiger partial charge is 0.414 e. The van der Waals surface area contributed by atoms with Crippen LogP contribution in [0, 0.1) is 0 Å². The van der Waals surface area contributed by atoms with E-state index in [9.17, 15) is 9.59 Å². The van der Waals surface area contributed by atoms with E-state index in [4.69, 9.17) is 4.74 Å². The fourth-order valence-corrected chi connectivity index (χ4v) is 2.23. The molecule has 1 aliphatic heterocycles. The third-order valence-electron chi connectivity index (χ3n) is 3.24. The van der Waals surface area contributed by atoms with Gasteiger partial charge in [-0.05, 0) is 24.1 Å².